The molecule has 10 heavy (non-hydrogen) atoms. The Kier molecular flexibility index (Phi) is 5.16. The van der Waals surface area contributed by atoms with Crippen molar-refractivity contribution in [1.82, 2.24) is 0 Å². The lowest BCUT2D eigenvalue weighted by atomic mass is 11.7. The standard InChI is InChI=1S/C2H4O6P2/c1-6-9(4)8-10(5)7-2-3/h2H,1H3/q+2. The Morgan fingerprint density at radius 1 is 1.30 bits per heavy atom. The van der Waals surface area contributed by atoms with Crippen LogP contribution >= 0.6 is 16.5 Å². The van der Waals surface area contributed by atoms with Crippen molar-refractivity contribution in [2.75, 3.05) is 7.11 Å². The summed E-state index contributed by atoms with van der Waals surface area (Å²) in [5.74, 6) is 0. The lowest BCUT2D eigenvalue weighted by molar-refractivity contribution is -0.120. The summed E-state index contributed by atoms with van der Waals surface area (Å²) >= 11 is 0. The van der Waals surface area contributed by atoms with E-state index in [-0.39, 0.29) is 6.47 Å². The molecule has 0 aliphatic carbocycles. The molecule has 0 amide bonds. The smallest absolute Gasteiger partial charge is 0.250 e. The first-order valence-electron chi connectivity index (χ1n) is 1.98. The molecule has 0 saturated carbocycles. The van der Waals surface area contributed by atoms with Crippen LogP contribution in [-0.4, -0.2) is 13.6 Å². The predicted molar refractivity (Wildman–Crippen MR) is 30.5 cm³/mol. The zero-order valence-electron chi connectivity index (χ0n) is 4.92. The van der Waals surface area contributed by atoms with Crippen LogP contribution in [0.15, 0.2) is 0 Å². The molecule has 0 aliphatic rings. The van der Waals surface area contributed by atoms with Crippen molar-refractivity contribution >= 4 is 23.0 Å². The van der Waals surface area contributed by atoms with Crippen molar-refractivity contribution in [1.29, 1.82) is 0 Å². The van der Waals surface area contributed by atoms with Gasteiger partial charge in [0.05, 0.1) is 7.11 Å². The molecule has 0 N–H and O–H groups in total. The minimum atomic E-state index is -2.65. The molecule has 0 fully saturated rings. The molecule has 2 atom stereocenters. The largest absolute Gasteiger partial charge is 0.803 e. The monoisotopic (exact) mass is 186 g/mol. The third kappa shape index (κ3) is 4.47. The van der Waals surface area contributed by atoms with Crippen molar-refractivity contribution in [3.05, 3.63) is 0 Å². The molecule has 0 aromatic heterocycles. The van der Waals surface area contributed by atoms with E-state index in [2.05, 4.69) is 13.4 Å². The molecule has 0 rings (SSSR count). The second-order valence-corrected chi connectivity index (χ2v) is 3.04. The number of hydrogen-bond acceptors (Lipinski definition) is 6. The quantitative estimate of drug-likeness (QED) is 0.473. The summed E-state index contributed by atoms with van der Waals surface area (Å²) in [5.41, 5.74) is 0. The van der Waals surface area contributed by atoms with Crippen LogP contribution < -0.4 is 0 Å². The fourth-order valence-electron chi connectivity index (χ4n) is 0.142. The van der Waals surface area contributed by atoms with Gasteiger partial charge in [-0.25, -0.2) is 0 Å². The van der Waals surface area contributed by atoms with E-state index in [1.807, 2.05) is 0 Å². The zero-order valence-corrected chi connectivity index (χ0v) is 6.71. The van der Waals surface area contributed by atoms with Crippen LogP contribution in [0.3, 0.4) is 0 Å². The molecule has 0 aromatic carbocycles. The minimum Gasteiger partial charge on any atom is -0.250 e. The van der Waals surface area contributed by atoms with Crippen molar-refractivity contribution in [3.63, 3.8) is 0 Å². The SMILES string of the molecule is CO[P+](=O)O[P+](=O)OC=O. The molecule has 2 unspecified atom stereocenters. The lowest BCUT2D eigenvalue weighted by Gasteiger charge is -1.67. The van der Waals surface area contributed by atoms with Gasteiger partial charge in [-0.05, 0) is 0 Å². The van der Waals surface area contributed by atoms with E-state index in [4.69, 9.17) is 0 Å². The fourth-order valence-corrected chi connectivity index (χ4v) is 1.07. The van der Waals surface area contributed by atoms with Crippen molar-refractivity contribution in [2.45, 2.75) is 0 Å². The topological polar surface area (TPSA) is 78.9 Å². The van der Waals surface area contributed by atoms with Gasteiger partial charge in [-0.2, -0.15) is 4.52 Å². The Morgan fingerprint density at radius 2 is 1.90 bits per heavy atom. The third-order valence-electron chi connectivity index (χ3n) is 0.412. The molecule has 0 saturated heterocycles. The average molecular weight is 186 g/mol. The molecule has 0 heterocycles. The average Bonchev–Trinajstić information content (AvgIpc) is 1.88. The maximum atomic E-state index is 10.2. The van der Waals surface area contributed by atoms with Gasteiger partial charge in [0.15, 0.2) is 4.31 Å². The molecule has 0 bridgehead atoms. The zero-order chi connectivity index (χ0) is 7.98. The van der Waals surface area contributed by atoms with E-state index in [0.29, 0.717) is 0 Å². The van der Waals surface area contributed by atoms with Crippen LogP contribution in [0.1, 0.15) is 0 Å². The van der Waals surface area contributed by atoms with Crippen LogP contribution in [0.2, 0.25) is 0 Å². The molecule has 0 radical (unpaired) electrons. The summed E-state index contributed by atoms with van der Waals surface area (Å²) in [4.78, 5) is 9.46. The van der Waals surface area contributed by atoms with Gasteiger partial charge in [0.25, 0.3) is 0 Å². The molecule has 0 spiro atoms. The first-order chi connectivity index (χ1) is 4.70. The van der Waals surface area contributed by atoms with Gasteiger partial charge in [-0.3, -0.25) is 4.79 Å². The second-order valence-electron chi connectivity index (χ2n) is 0.913. The molecular formula is C2H4O6P2+2. The van der Waals surface area contributed by atoms with Gasteiger partial charge < -0.3 is 0 Å². The van der Waals surface area contributed by atoms with Crippen molar-refractivity contribution < 1.29 is 27.3 Å². The van der Waals surface area contributed by atoms with E-state index < -0.39 is 16.5 Å². The highest BCUT2D eigenvalue weighted by Gasteiger charge is 2.39. The molecule has 56 valence electrons. The Balaban J connectivity index is 3.57. The van der Waals surface area contributed by atoms with Crippen LogP contribution in [0, 0.1) is 0 Å². The highest BCUT2D eigenvalue weighted by Crippen LogP contribution is 2.38. The fraction of sp³-hybridized carbons (Fsp3) is 0.500. The normalized spacial score (nSPS) is 12.1. The van der Waals surface area contributed by atoms with Crippen molar-refractivity contribution in [2.24, 2.45) is 0 Å². The van der Waals surface area contributed by atoms with Crippen molar-refractivity contribution in [3.8, 4) is 0 Å². The summed E-state index contributed by atoms with van der Waals surface area (Å²) in [6.07, 6.45) is 0. The summed E-state index contributed by atoms with van der Waals surface area (Å²) in [7, 11) is -4.00. The van der Waals surface area contributed by atoms with Crippen LogP contribution in [-0.2, 0) is 27.3 Å². The van der Waals surface area contributed by atoms with Gasteiger partial charge in [0, 0.05) is 9.13 Å². The van der Waals surface area contributed by atoms with Gasteiger partial charge in [-0.15, -0.1) is 4.52 Å². The molecule has 0 aromatic rings. The van der Waals surface area contributed by atoms with E-state index in [0.717, 1.165) is 7.11 Å². The van der Waals surface area contributed by atoms with E-state index >= 15 is 0 Å². The highest BCUT2D eigenvalue weighted by molar-refractivity contribution is 7.47. The maximum Gasteiger partial charge on any atom is 0.803 e. The van der Waals surface area contributed by atoms with Gasteiger partial charge >= 0.3 is 23.0 Å². The molecule has 0 aliphatic heterocycles. The molecule has 6 nitrogen and oxygen atoms in total. The Hall–Kier alpha value is -0.410. The highest BCUT2D eigenvalue weighted by atomic mass is 31.2. The Labute approximate surface area is 58.4 Å². The van der Waals surface area contributed by atoms with E-state index in [1.54, 1.807) is 0 Å². The van der Waals surface area contributed by atoms with Crippen LogP contribution in [0.5, 0.6) is 0 Å². The Bertz CT molecular complexity index is 154. The summed E-state index contributed by atoms with van der Waals surface area (Å²) in [6.45, 7) is -0.0719. The Morgan fingerprint density at radius 3 is 2.30 bits per heavy atom. The van der Waals surface area contributed by atoms with Gasteiger partial charge in [-0.1, -0.05) is 0 Å². The number of hydrogen-bond donors (Lipinski definition) is 0. The molecular weight excluding hydrogens is 182 g/mol. The number of rotatable bonds is 5. The number of carbonyl (C=O) groups is 1. The lowest BCUT2D eigenvalue weighted by Crippen LogP contribution is -1.75. The maximum absolute atomic E-state index is 10.2. The van der Waals surface area contributed by atoms with E-state index in [1.165, 1.54) is 0 Å². The minimum absolute atomic E-state index is 0.0719. The summed E-state index contributed by atoms with van der Waals surface area (Å²) in [5, 5.41) is 0. The number of carbonyl (C=O) groups excluding carboxylic acids is 1. The summed E-state index contributed by atoms with van der Waals surface area (Å²) < 4.78 is 32.3. The predicted octanol–water partition coefficient (Wildman–Crippen LogP) is 1.14. The second kappa shape index (κ2) is 5.38. The van der Waals surface area contributed by atoms with Gasteiger partial charge in [0.1, 0.15) is 0 Å². The summed E-state index contributed by atoms with van der Waals surface area (Å²) in [6, 6.07) is 0. The first kappa shape index (κ1) is 9.59. The molecule has 8 heteroatoms. The first-order valence-corrected chi connectivity index (χ1v) is 4.17. The third-order valence-corrected chi connectivity index (χ3v) is 2.03. The van der Waals surface area contributed by atoms with Crippen LogP contribution in [0.4, 0.5) is 0 Å². The van der Waals surface area contributed by atoms with Gasteiger partial charge in [0.2, 0.25) is 0 Å². The van der Waals surface area contributed by atoms with Crippen LogP contribution in [0.25, 0.3) is 0 Å². The van der Waals surface area contributed by atoms with E-state index in [9.17, 15) is 13.9 Å².